The van der Waals surface area contributed by atoms with Crippen molar-refractivity contribution in [3.05, 3.63) is 45.3 Å². The number of nitrogen functional groups attached to an aromatic ring is 1. The first-order chi connectivity index (χ1) is 8.63. The monoisotopic (exact) mass is 382 g/mol. The van der Waals surface area contributed by atoms with Crippen LogP contribution in [0.2, 0.25) is 0 Å². The van der Waals surface area contributed by atoms with E-state index in [4.69, 9.17) is 5.73 Å². The number of benzene rings is 2. The molecule has 18 heavy (non-hydrogen) atoms. The minimum atomic E-state index is 0.739. The highest BCUT2D eigenvalue weighted by atomic mass is 79.9. The van der Waals surface area contributed by atoms with E-state index in [2.05, 4.69) is 42.9 Å². The summed E-state index contributed by atoms with van der Waals surface area (Å²) in [7, 11) is 0. The molecule has 2 aromatic carbocycles. The standard InChI is InChI=1S/C13H8Br2N2S/c14-8-2-4-11-12(6-8)18-13(17-11)7-1-3-10(16)9(15)5-7/h1-6H,16H2. The molecule has 90 valence electrons. The number of anilines is 1. The van der Waals surface area contributed by atoms with E-state index in [1.807, 2.05) is 30.3 Å². The van der Waals surface area contributed by atoms with Crippen LogP contribution in [-0.2, 0) is 0 Å². The first-order valence-electron chi connectivity index (χ1n) is 5.25. The van der Waals surface area contributed by atoms with Crippen molar-refractivity contribution in [2.45, 2.75) is 0 Å². The van der Waals surface area contributed by atoms with Gasteiger partial charge in [0.05, 0.1) is 10.2 Å². The second-order valence-corrected chi connectivity index (χ2v) is 6.67. The van der Waals surface area contributed by atoms with Crippen LogP contribution in [0.25, 0.3) is 20.8 Å². The molecule has 0 atom stereocenters. The van der Waals surface area contributed by atoms with Gasteiger partial charge < -0.3 is 5.73 Å². The Bertz CT molecular complexity index is 737. The van der Waals surface area contributed by atoms with Crippen molar-refractivity contribution in [3.63, 3.8) is 0 Å². The van der Waals surface area contributed by atoms with Crippen LogP contribution in [0, 0.1) is 0 Å². The largest absolute Gasteiger partial charge is 0.398 e. The second-order valence-electron chi connectivity index (χ2n) is 3.87. The van der Waals surface area contributed by atoms with Crippen molar-refractivity contribution in [1.29, 1.82) is 0 Å². The Kier molecular flexibility index (Phi) is 3.13. The first kappa shape index (κ1) is 12.1. The van der Waals surface area contributed by atoms with Crippen molar-refractivity contribution in [2.75, 3.05) is 5.73 Å². The molecule has 0 aliphatic carbocycles. The Balaban J connectivity index is 2.16. The smallest absolute Gasteiger partial charge is 0.124 e. The predicted molar refractivity (Wildman–Crippen MR) is 84.9 cm³/mol. The Morgan fingerprint density at radius 3 is 2.67 bits per heavy atom. The summed E-state index contributed by atoms with van der Waals surface area (Å²) in [5, 5.41) is 1.00. The van der Waals surface area contributed by atoms with E-state index in [1.165, 1.54) is 4.70 Å². The lowest BCUT2D eigenvalue weighted by molar-refractivity contribution is 1.47. The molecule has 0 saturated heterocycles. The molecular formula is C13H8Br2N2S. The summed E-state index contributed by atoms with van der Waals surface area (Å²) >= 11 is 8.59. The highest BCUT2D eigenvalue weighted by molar-refractivity contribution is 9.10. The fourth-order valence-corrected chi connectivity index (χ4v) is 3.57. The molecular weight excluding hydrogens is 376 g/mol. The Morgan fingerprint density at radius 2 is 1.89 bits per heavy atom. The van der Waals surface area contributed by atoms with Gasteiger partial charge in [-0.1, -0.05) is 15.9 Å². The van der Waals surface area contributed by atoms with Gasteiger partial charge >= 0.3 is 0 Å². The molecule has 0 spiro atoms. The van der Waals surface area contributed by atoms with E-state index in [-0.39, 0.29) is 0 Å². The maximum Gasteiger partial charge on any atom is 0.124 e. The summed E-state index contributed by atoms with van der Waals surface area (Å²) in [5.74, 6) is 0. The third kappa shape index (κ3) is 2.18. The number of hydrogen-bond acceptors (Lipinski definition) is 3. The van der Waals surface area contributed by atoms with E-state index >= 15 is 0 Å². The molecule has 0 saturated carbocycles. The molecule has 1 heterocycles. The molecule has 2 N–H and O–H groups in total. The molecule has 0 unspecified atom stereocenters. The Labute approximate surface area is 125 Å². The summed E-state index contributed by atoms with van der Waals surface area (Å²) in [5.41, 5.74) is 8.63. The predicted octanol–water partition coefficient (Wildman–Crippen LogP) is 5.07. The maximum atomic E-state index is 5.79. The summed E-state index contributed by atoms with van der Waals surface area (Å²) in [6.07, 6.45) is 0. The molecule has 3 aromatic rings. The van der Waals surface area contributed by atoms with Gasteiger partial charge in [0.2, 0.25) is 0 Å². The van der Waals surface area contributed by atoms with E-state index in [0.29, 0.717) is 0 Å². The topological polar surface area (TPSA) is 38.9 Å². The lowest BCUT2D eigenvalue weighted by atomic mass is 10.2. The number of aromatic nitrogens is 1. The summed E-state index contributed by atoms with van der Waals surface area (Å²) < 4.78 is 3.15. The van der Waals surface area contributed by atoms with E-state index in [0.717, 1.165) is 30.7 Å². The summed E-state index contributed by atoms with van der Waals surface area (Å²) in [6, 6.07) is 12.0. The van der Waals surface area contributed by atoms with Crippen LogP contribution in [0.15, 0.2) is 45.3 Å². The molecule has 0 aliphatic heterocycles. The number of nitrogens with two attached hydrogens (primary N) is 1. The maximum absolute atomic E-state index is 5.79. The molecule has 0 fully saturated rings. The van der Waals surface area contributed by atoms with E-state index in [1.54, 1.807) is 11.3 Å². The quantitative estimate of drug-likeness (QED) is 0.595. The van der Waals surface area contributed by atoms with Crippen LogP contribution in [0.5, 0.6) is 0 Å². The van der Waals surface area contributed by atoms with Gasteiger partial charge in [-0.05, 0) is 52.3 Å². The van der Waals surface area contributed by atoms with Crippen LogP contribution in [0.4, 0.5) is 5.69 Å². The normalized spacial score (nSPS) is 11.0. The van der Waals surface area contributed by atoms with Gasteiger partial charge in [-0.15, -0.1) is 11.3 Å². The number of fused-ring (bicyclic) bond motifs is 1. The minimum Gasteiger partial charge on any atom is -0.398 e. The molecule has 3 rings (SSSR count). The van der Waals surface area contributed by atoms with Gasteiger partial charge in [-0.2, -0.15) is 0 Å². The van der Waals surface area contributed by atoms with Crippen LogP contribution in [0.3, 0.4) is 0 Å². The summed E-state index contributed by atoms with van der Waals surface area (Å²) in [4.78, 5) is 4.63. The zero-order valence-electron chi connectivity index (χ0n) is 9.15. The van der Waals surface area contributed by atoms with Crippen molar-refractivity contribution < 1.29 is 0 Å². The lowest BCUT2D eigenvalue weighted by Gasteiger charge is -2.00. The van der Waals surface area contributed by atoms with E-state index < -0.39 is 0 Å². The van der Waals surface area contributed by atoms with Crippen molar-refractivity contribution in [3.8, 4) is 10.6 Å². The Hall–Kier alpha value is -0.910. The number of nitrogens with zero attached hydrogens (tertiary/aromatic N) is 1. The Morgan fingerprint density at radius 1 is 1.06 bits per heavy atom. The molecule has 0 bridgehead atoms. The zero-order valence-corrected chi connectivity index (χ0v) is 13.1. The average Bonchev–Trinajstić information content (AvgIpc) is 2.75. The van der Waals surface area contributed by atoms with Crippen LogP contribution in [0.1, 0.15) is 0 Å². The van der Waals surface area contributed by atoms with Gasteiger partial charge in [0, 0.05) is 20.2 Å². The van der Waals surface area contributed by atoms with Crippen LogP contribution in [-0.4, -0.2) is 4.98 Å². The number of thiazole rings is 1. The van der Waals surface area contributed by atoms with Gasteiger partial charge in [-0.3, -0.25) is 0 Å². The molecule has 5 heteroatoms. The van der Waals surface area contributed by atoms with Gasteiger partial charge in [0.15, 0.2) is 0 Å². The van der Waals surface area contributed by atoms with Crippen LogP contribution >= 0.6 is 43.2 Å². The van der Waals surface area contributed by atoms with Crippen LogP contribution < -0.4 is 5.73 Å². The lowest BCUT2D eigenvalue weighted by Crippen LogP contribution is -1.86. The molecule has 0 aliphatic rings. The van der Waals surface area contributed by atoms with Gasteiger partial charge in [0.1, 0.15) is 5.01 Å². The van der Waals surface area contributed by atoms with Crippen molar-refractivity contribution >= 4 is 59.1 Å². The molecule has 1 aromatic heterocycles. The zero-order chi connectivity index (χ0) is 12.7. The third-order valence-electron chi connectivity index (χ3n) is 2.60. The minimum absolute atomic E-state index is 0.739. The van der Waals surface area contributed by atoms with Crippen molar-refractivity contribution in [1.82, 2.24) is 4.98 Å². The fraction of sp³-hybridized carbons (Fsp3) is 0. The number of rotatable bonds is 1. The second kappa shape index (κ2) is 4.64. The first-order valence-corrected chi connectivity index (χ1v) is 7.65. The third-order valence-corrected chi connectivity index (χ3v) is 4.85. The fourth-order valence-electron chi connectivity index (χ4n) is 1.68. The molecule has 2 nitrogen and oxygen atoms in total. The van der Waals surface area contributed by atoms with Crippen molar-refractivity contribution in [2.24, 2.45) is 0 Å². The number of halogens is 2. The van der Waals surface area contributed by atoms with Gasteiger partial charge in [-0.25, -0.2) is 4.98 Å². The highest BCUT2D eigenvalue weighted by Gasteiger charge is 2.07. The highest BCUT2D eigenvalue weighted by Crippen LogP contribution is 2.34. The number of hydrogen-bond donors (Lipinski definition) is 1. The van der Waals surface area contributed by atoms with Gasteiger partial charge in [0.25, 0.3) is 0 Å². The summed E-state index contributed by atoms with van der Waals surface area (Å²) in [6.45, 7) is 0. The molecule has 0 amide bonds. The SMILES string of the molecule is Nc1ccc(-c2nc3ccc(Br)cc3s2)cc1Br. The van der Waals surface area contributed by atoms with E-state index in [9.17, 15) is 0 Å². The average molecular weight is 384 g/mol. The molecule has 0 radical (unpaired) electrons.